The van der Waals surface area contributed by atoms with Crippen LogP contribution in [0.4, 0.5) is 5.69 Å². The SMILES string of the molecule is COc1ccc2c(c1)N1CCN(Cc3ccc(Cl)cc3)C[C@@H]1[C@H](C(=O)NCCc1ccccc1)C2. The highest BCUT2D eigenvalue weighted by atomic mass is 35.5. The number of hydrogen-bond acceptors (Lipinski definition) is 4. The van der Waals surface area contributed by atoms with Gasteiger partial charge in [0.05, 0.1) is 19.1 Å². The summed E-state index contributed by atoms with van der Waals surface area (Å²) in [4.78, 5) is 18.4. The number of amides is 1. The van der Waals surface area contributed by atoms with Crippen LogP contribution in [0.1, 0.15) is 16.7 Å². The van der Waals surface area contributed by atoms with Gasteiger partial charge in [-0.1, -0.05) is 60.1 Å². The molecule has 0 unspecified atom stereocenters. The van der Waals surface area contributed by atoms with Crippen LogP contribution in [0.3, 0.4) is 0 Å². The third-order valence-electron chi connectivity index (χ3n) is 7.22. The van der Waals surface area contributed by atoms with E-state index in [1.54, 1.807) is 7.11 Å². The molecule has 2 atom stereocenters. The predicted molar refractivity (Wildman–Crippen MR) is 141 cm³/mol. The van der Waals surface area contributed by atoms with Crippen LogP contribution in [0, 0.1) is 5.92 Å². The van der Waals surface area contributed by atoms with Crippen molar-refractivity contribution in [1.82, 2.24) is 10.2 Å². The average Bonchev–Trinajstić information content (AvgIpc) is 2.89. The molecule has 0 spiro atoms. The van der Waals surface area contributed by atoms with E-state index >= 15 is 0 Å². The molecule has 0 aromatic heterocycles. The Hall–Kier alpha value is -3.02. The second-order valence-electron chi connectivity index (χ2n) is 9.45. The number of rotatable bonds is 7. The molecule has 182 valence electrons. The fraction of sp³-hybridized carbons (Fsp3) is 0.345. The van der Waals surface area contributed by atoms with E-state index in [1.165, 1.54) is 22.4 Å². The lowest BCUT2D eigenvalue weighted by atomic mass is 9.83. The summed E-state index contributed by atoms with van der Waals surface area (Å²) in [5, 5.41) is 3.99. The molecule has 6 heteroatoms. The molecule has 2 heterocycles. The van der Waals surface area contributed by atoms with Crippen LogP contribution in [-0.2, 0) is 24.2 Å². The molecule has 5 nitrogen and oxygen atoms in total. The topological polar surface area (TPSA) is 44.8 Å². The molecule has 35 heavy (non-hydrogen) atoms. The number of nitrogens with one attached hydrogen (secondary N) is 1. The van der Waals surface area contributed by atoms with Crippen molar-refractivity contribution < 1.29 is 9.53 Å². The van der Waals surface area contributed by atoms with E-state index in [1.807, 2.05) is 36.4 Å². The highest BCUT2D eigenvalue weighted by Gasteiger charge is 2.41. The van der Waals surface area contributed by atoms with Crippen molar-refractivity contribution in [1.29, 1.82) is 0 Å². The maximum atomic E-state index is 13.5. The first-order chi connectivity index (χ1) is 17.1. The van der Waals surface area contributed by atoms with Gasteiger partial charge in [0.2, 0.25) is 5.91 Å². The number of carbonyl (C=O) groups is 1. The Morgan fingerprint density at radius 2 is 1.83 bits per heavy atom. The van der Waals surface area contributed by atoms with Crippen molar-refractivity contribution in [3.05, 3.63) is 94.5 Å². The maximum Gasteiger partial charge on any atom is 0.225 e. The molecule has 0 aliphatic carbocycles. The molecular formula is C29H32ClN3O2. The average molecular weight is 490 g/mol. The Balaban J connectivity index is 1.33. The van der Waals surface area contributed by atoms with E-state index in [9.17, 15) is 4.79 Å². The zero-order valence-electron chi connectivity index (χ0n) is 20.1. The number of benzene rings is 3. The van der Waals surface area contributed by atoms with Gasteiger partial charge >= 0.3 is 0 Å². The van der Waals surface area contributed by atoms with Gasteiger partial charge in [-0.05, 0) is 47.7 Å². The molecule has 0 bridgehead atoms. The molecule has 2 aliphatic rings. The van der Waals surface area contributed by atoms with E-state index in [4.69, 9.17) is 16.3 Å². The number of carbonyl (C=O) groups excluding carboxylic acids is 1. The summed E-state index contributed by atoms with van der Waals surface area (Å²) in [5.41, 5.74) is 4.90. The molecule has 3 aromatic rings. The number of anilines is 1. The number of fused-ring (bicyclic) bond motifs is 3. The van der Waals surface area contributed by atoms with Gasteiger partial charge < -0.3 is 15.0 Å². The second-order valence-corrected chi connectivity index (χ2v) is 9.89. The van der Waals surface area contributed by atoms with Gasteiger partial charge in [0.25, 0.3) is 0 Å². The lowest BCUT2D eigenvalue weighted by Crippen LogP contribution is -2.61. The van der Waals surface area contributed by atoms with E-state index in [0.717, 1.165) is 49.8 Å². The Labute approximate surface area is 212 Å². The van der Waals surface area contributed by atoms with Gasteiger partial charge in [-0.2, -0.15) is 0 Å². The van der Waals surface area contributed by atoms with E-state index < -0.39 is 0 Å². The monoisotopic (exact) mass is 489 g/mol. The summed E-state index contributed by atoms with van der Waals surface area (Å²) < 4.78 is 5.51. The van der Waals surface area contributed by atoms with Crippen LogP contribution >= 0.6 is 11.6 Å². The Kier molecular flexibility index (Phi) is 7.26. The quantitative estimate of drug-likeness (QED) is 0.528. The first-order valence-electron chi connectivity index (χ1n) is 12.3. The summed E-state index contributed by atoms with van der Waals surface area (Å²) in [6.45, 7) is 4.17. The van der Waals surface area contributed by atoms with Crippen LogP contribution in [-0.4, -0.2) is 50.1 Å². The van der Waals surface area contributed by atoms with Crippen LogP contribution in [0.15, 0.2) is 72.8 Å². The van der Waals surface area contributed by atoms with Crippen LogP contribution in [0.2, 0.25) is 5.02 Å². The number of piperazine rings is 1. The molecule has 0 radical (unpaired) electrons. The lowest BCUT2D eigenvalue weighted by molar-refractivity contribution is -0.126. The molecule has 0 saturated carbocycles. The third kappa shape index (κ3) is 5.47. The summed E-state index contributed by atoms with van der Waals surface area (Å²) >= 11 is 6.08. The number of methoxy groups -OCH3 is 1. The van der Waals surface area contributed by atoms with Gasteiger partial charge in [0.1, 0.15) is 5.75 Å². The highest BCUT2D eigenvalue weighted by molar-refractivity contribution is 6.30. The summed E-state index contributed by atoms with van der Waals surface area (Å²) in [7, 11) is 1.70. The normalized spacial score (nSPS) is 19.5. The fourth-order valence-electron chi connectivity index (χ4n) is 5.36. The second kappa shape index (κ2) is 10.7. The minimum absolute atomic E-state index is 0.0975. The van der Waals surface area contributed by atoms with Gasteiger partial charge in [-0.25, -0.2) is 0 Å². The number of halogens is 1. The van der Waals surface area contributed by atoms with E-state index in [-0.39, 0.29) is 17.9 Å². The summed E-state index contributed by atoms with van der Waals surface area (Å²) in [5.74, 6) is 0.905. The fourth-order valence-corrected chi connectivity index (χ4v) is 5.49. The molecular weight excluding hydrogens is 458 g/mol. The third-order valence-corrected chi connectivity index (χ3v) is 7.47. The van der Waals surface area contributed by atoms with Gasteiger partial charge in [0.15, 0.2) is 0 Å². The molecule has 1 fully saturated rings. The molecule has 1 amide bonds. The zero-order valence-corrected chi connectivity index (χ0v) is 20.9. The predicted octanol–water partition coefficient (Wildman–Crippen LogP) is 4.57. The number of hydrogen-bond donors (Lipinski definition) is 1. The van der Waals surface area contributed by atoms with Crippen LogP contribution < -0.4 is 15.0 Å². The molecule has 1 saturated heterocycles. The van der Waals surface area contributed by atoms with Crippen molar-refractivity contribution in [3.8, 4) is 5.75 Å². The minimum Gasteiger partial charge on any atom is -0.497 e. The van der Waals surface area contributed by atoms with Crippen molar-refractivity contribution >= 4 is 23.2 Å². The Morgan fingerprint density at radius 1 is 1.03 bits per heavy atom. The lowest BCUT2D eigenvalue weighted by Gasteiger charge is -2.49. The van der Waals surface area contributed by atoms with Crippen molar-refractivity contribution in [3.63, 3.8) is 0 Å². The standard InChI is InChI=1S/C29H32ClN3O2/c1-35-25-12-9-23-17-26(29(34)31-14-13-21-5-3-2-4-6-21)28-20-32(15-16-33(28)27(23)18-25)19-22-7-10-24(30)11-8-22/h2-12,18,26,28H,13-17,19-20H2,1H3,(H,31,34)/t26-,28-/m1/s1. The van der Waals surface area contributed by atoms with Crippen molar-refractivity contribution in [2.24, 2.45) is 5.92 Å². The van der Waals surface area contributed by atoms with Crippen molar-refractivity contribution in [2.45, 2.75) is 25.4 Å². The highest BCUT2D eigenvalue weighted by Crippen LogP contribution is 2.38. The summed E-state index contributed by atoms with van der Waals surface area (Å²) in [6, 6.07) is 24.7. The molecule has 1 N–H and O–H groups in total. The minimum atomic E-state index is -0.0975. The Morgan fingerprint density at radius 3 is 2.60 bits per heavy atom. The van der Waals surface area contributed by atoms with Crippen molar-refractivity contribution in [2.75, 3.05) is 38.2 Å². The van der Waals surface area contributed by atoms with Crippen LogP contribution in [0.25, 0.3) is 0 Å². The van der Waals surface area contributed by atoms with E-state index in [0.29, 0.717) is 6.54 Å². The first-order valence-corrected chi connectivity index (χ1v) is 12.7. The largest absolute Gasteiger partial charge is 0.497 e. The smallest absolute Gasteiger partial charge is 0.225 e. The number of nitrogens with zero attached hydrogens (tertiary/aromatic N) is 2. The van der Waals surface area contributed by atoms with Crippen LogP contribution in [0.5, 0.6) is 5.75 Å². The molecule has 5 rings (SSSR count). The first kappa shape index (κ1) is 23.7. The van der Waals surface area contributed by atoms with Gasteiger partial charge in [-0.15, -0.1) is 0 Å². The van der Waals surface area contributed by atoms with Gasteiger partial charge in [-0.3, -0.25) is 9.69 Å². The summed E-state index contributed by atoms with van der Waals surface area (Å²) in [6.07, 6.45) is 1.58. The van der Waals surface area contributed by atoms with E-state index in [2.05, 4.69) is 51.5 Å². The Bertz CT molecular complexity index is 1150. The van der Waals surface area contributed by atoms with Gasteiger partial charge in [0, 0.05) is 49.5 Å². The zero-order chi connectivity index (χ0) is 24.2. The molecule has 3 aromatic carbocycles. The maximum absolute atomic E-state index is 13.5. The number of ether oxygens (including phenoxy) is 1. The molecule has 2 aliphatic heterocycles.